The van der Waals surface area contributed by atoms with Gasteiger partial charge >= 0.3 is 12.1 Å². The number of carbonyl (C=O) groups excluding carboxylic acids is 1. The molecule has 1 N–H and O–H groups in total. The second-order valence-electron chi connectivity index (χ2n) is 11.2. The zero-order valence-corrected chi connectivity index (χ0v) is 23.4. The number of methoxy groups -OCH3 is 1. The summed E-state index contributed by atoms with van der Waals surface area (Å²) < 4.78 is 18.4. The van der Waals surface area contributed by atoms with E-state index in [4.69, 9.17) is 14.2 Å². The molecule has 2 aromatic heterocycles. The molecule has 2 aliphatic heterocycles. The monoisotopic (exact) mass is 538 g/mol. The van der Waals surface area contributed by atoms with E-state index in [-0.39, 0.29) is 24.8 Å². The molecule has 0 unspecified atom stereocenters. The lowest BCUT2D eigenvalue weighted by molar-refractivity contribution is 0.0204. The zero-order valence-electron chi connectivity index (χ0n) is 23.4. The van der Waals surface area contributed by atoms with E-state index < -0.39 is 5.60 Å². The molecule has 2 saturated heterocycles. The number of ether oxygens (including phenoxy) is 3. The molecule has 0 aliphatic carbocycles. The summed E-state index contributed by atoms with van der Waals surface area (Å²) in [4.78, 5) is 25.5. The Morgan fingerprint density at radius 1 is 1.13 bits per heavy atom. The molecule has 1 aromatic carbocycles. The summed E-state index contributed by atoms with van der Waals surface area (Å²) in [5.41, 5.74) is 2.90. The van der Waals surface area contributed by atoms with Gasteiger partial charge in [-0.3, -0.25) is 0 Å². The molecule has 4 heterocycles. The smallest absolute Gasteiger partial charge is 0.410 e. The van der Waals surface area contributed by atoms with Gasteiger partial charge in [0.1, 0.15) is 11.4 Å². The van der Waals surface area contributed by atoms with Gasteiger partial charge in [0.2, 0.25) is 0 Å². The minimum atomic E-state index is -0.502. The van der Waals surface area contributed by atoms with Crippen molar-refractivity contribution in [1.29, 1.82) is 0 Å². The predicted octanol–water partition coefficient (Wildman–Crippen LogP) is 3.44. The van der Waals surface area contributed by atoms with Gasteiger partial charge < -0.3 is 29.1 Å². The highest BCUT2D eigenvalue weighted by Gasteiger charge is 2.29. The van der Waals surface area contributed by atoms with Gasteiger partial charge in [0, 0.05) is 31.1 Å². The van der Waals surface area contributed by atoms with Crippen LogP contribution < -0.4 is 9.64 Å². The van der Waals surface area contributed by atoms with E-state index in [1.165, 1.54) is 18.2 Å². The minimum Gasteiger partial charge on any atom is -0.467 e. The number of amides is 1. The van der Waals surface area contributed by atoms with Gasteiger partial charge in [-0.1, -0.05) is 0 Å². The van der Waals surface area contributed by atoms with E-state index in [0.29, 0.717) is 50.4 Å². The van der Waals surface area contributed by atoms with Crippen LogP contribution in [-0.4, -0.2) is 94.1 Å². The molecule has 210 valence electrons. The van der Waals surface area contributed by atoms with Crippen LogP contribution in [0.2, 0.25) is 0 Å². The summed E-state index contributed by atoms with van der Waals surface area (Å²) in [5, 5.41) is 15.6. The first-order valence-electron chi connectivity index (χ1n) is 13.5. The van der Waals surface area contributed by atoms with Gasteiger partial charge in [-0.2, -0.15) is 15.1 Å². The van der Waals surface area contributed by atoms with Crippen LogP contribution in [0.3, 0.4) is 0 Å². The summed E-state index contributed by atoms with van der Waals surface area (Å²) in [5.74, 6) is 1.57. The van der Waals surface area contributed by atoms with Crippen molar-refractivity contribution in [2.45, 2.75) is 58.1 Å². The third kappa shape index (κ3) is 5.79. The maximum Gasteiger partial charge on any atom is 0.410 e. The number of anilines is 1. The van der Waals surface area contributed by atoms with Gasteiger partial charge in [-0.05, 0) is 69.7 Å². The van der Waals surface area contributed by atoms with Gasteiger partial charge in [-0.25, -0.2) is 9.48 Å². The van der Waals surface area contributed by atoms with Crippen LogP contribution in [0.4, 0.5) is 10.6 Å². The van der Waals surface area contributed by atoms with Crippen LogP contribution in [0.1, 0.15) is 50.7 Å². The summed E-state index contributed by atoms with van der Waals surface area (Å²) in [6, 6.07) is 6.28. The number of hydrogen-bond donors (Lipinski definition) is 1. The number of aromatic nitrogens is 4. The fourth-order valence-electron chi connectivity index (χ4n) is 5.38. The number of hydrogen-bond acceptors (Lipinski definition) is 9. The first-order chi connectivity index (χ1) is 18.7. The molecule has 0 saturated carbocycles. The SMILES string of the molecule is COc1nc(N2CCOC[C@H]2CO)cc(-n2ncc3cc(C)c(C4CCN(C(=O)OC(C)(C)C)CC4)cc32)n1. The lowest BCUT2D eigenvalue weighted by atomic mass is 9.86. The Morgan fingerprint density at radius 3 is 2.56 bits per heavy atom. The molecule has 39 heavy (non-hydrogen) atoms. The van der Waals surface area contributed by atoms with Crippen LogP contribution >= 0.6 is 0 Å². The molecule has 1 amide bonds. The number of fused-ring (bicyclic) bond motifs is 1. The Balaban J connectivity index is 1.44. The predicted molar refractivity (Wildman–Crippen MR) is 147 cm³/mol. The Hall–Kier alpha value is -3.44. The van der Waals surface area contributed by atoms with Crippen molar-refractivity contribution >= 4 is 22.8 Å². The molecule has 11 heteroatoms. The van der Waals surface area contributed by atoms with E-state index >= 15 is 0 Å². The highest BCUT2D eigenvalue weighted by atomic mass is 16.6. The average molecular weight is 539 g/mol. The fourth-order valence-corrected chi connectivity index (χ4v) is 5.38. The van der Waals surface area contributed by atoms with Crippen molar-refractivity contribution in [3.8, 4) is 11.8 Å². The number of aliphatic hydroxyl groups excluding tert-OH is 1. The number of nitrogens with zero attached hydrogens (tertiary/aromatic N) is 6. The summed E-state index contributed by atoms with van der Waals surface area (Å²) >= 11 is 0. The first-order valence-corrected chi connectivity index (χ1v) is 13.5. The van der Waals surface area contributed by atoms with E-state index in [9.17, 15) is 9.90 Å². The minimum absolute atomic E-state index is 0.0399. The number of rotatable bonds is 5. The van der Waals surface area contributed by atoms with Crippen LogP contribution in [0.15, 0.2) is 24.4 Å². The van der Waals surface area contributed by atoms with Crippen molar-refractivity contribution < 1.29 is 24.1 Å². The number of morpholine rings is 1. The quantitative estimate of drug-likeness (QED) is 0.522. The number of carbonyl (C=O) groups is 1. The lowest BCUT2D eigenvalue weighted by Crippen LogP contribution is -2.48. The van der Waals surface area contributed by atoms with Crippen LogP contribution in [0, 0.1) is 6.92 Å². The second kappa shape index (κ2) is 11.0. The molecule has 0 spiro atoms. The second-order valence-corrected chi connectivity index (χ2v) is 11.2. The van der Waals surface area contributed by atoms with Crippen molar-refractivity contribution in [1.82, 2.24) is 24.6 Å². The van der Waals surface area contributed by atoms with E-state index in [1.807, 2.05) is 42.6 Å². The van der Waals surface area contributed by atoms with Gasteiger partial charge in [0.05, 0.1) is 44.7 Å². The highest BCUT2D eigenvalue weighted by Crippen LogP contribution is 2.34. The van der Waals surface area contributed by atoms with Gasteiger partial charge in [-0.15, -0.1) is 0 Å². The molecule has 1 atom stereocenters. The third-order valence-electron chi connectivity index (χ3n) is 7.35. The lowest BCUT2D eigenvalue weighted by Gasteiger charge is -2.35. The number of aliphatic hydroxyl groups is 1. The van der Waals surface area contributed by atoms with Gasteiger partial charge in [0.25, 0.3) is 0 Å². The van der Waals surface area contributed by atoms with Crippen molar-refractivity contribution in [2.75, 3.05) is 51.5 Å². The summed E-state index contributed by atoms with van der Waals surface area (Å²) in [6.45, 7) is 10.7. The zero-order chi connectivity index (χ0) is 27.7. The van der Waals surface area contributed by atoms with Crippen molar-refractivity contribution in [3.63, 3.8) is 0 Å². The molecule has 3 aromatic rings. The maximum atomic E-state index is 12.5. The van der Waals surface area contributed by atoms with Gasteiger partial charge in [0.15, 0.2) is 5.82 Å². The molecule has 11 nitrogen and oxygen atoms in total. The van der Waals surface area contributed by atoms with Crippen LogP contribution in [-0.2, 0) is 9.47 Å². The largest absolute Gasteiger partial charge is 0.467 e. The molecular weight excluding hydrogens is 500 g/mol. The topological polar surface area (TPSA) is 115 Å². The van der Waals surface area contributed by atoms with E-state index in [1.54, 1.807) is 4.90 Å². The Bertz CT molecular complexity index is 1330. The van der Waals surface area contributed by atoms with Crippen LogP contribution in [0.5, 0.6) is 6.01 Å². The molecular formula is C28H38N6O5. The number of piperidine rings is 1. The molecule has 2 aliphatic rings. The number of benzene rings is 1. The van der Waals surface area contributed by atoms with Crippen molar-refractivity contribution in [2.24, 2.45) is 0 Å². The molecule has 0 radical (unpaired) electrons. The number of likely N-dealkylation sites (tertiary alicyclic amines) is 1. The fraction of sp³-hybridized carbons (Fsp3) is 0.571. The molecule has 2 fully saturated rings. The summed E-state index contributed by atoms with van der Waals surface area (Å²) in [7, 11) is 1.54. The molecule has 5 rings (SSSR count). The van der Waals surface area contributed by atoms with Crippen LogP contribution in [0.25, 0.3) is 16.7 Å². The normalized spacial score (nSPS) is 19.0. The Kier molecular flexibility index (Phi) is 7.64. The maximum absolute atomic E-state index is 12.5. The standard InChI is InChI=1S/C28H38N6O5/c1-18-12-20-15-29-34(25-14-24(30-26(31-25)37-5)33-10-11-38-17-21(33)16-35)23(20)13-22(18)19-6-8-32(9-7-19)27(36)39-28(2,3)4/h12-15,19,21,35H,6-11,16-17H2,1-5H3/t21-/m1/s1. The van der Waals surface area contributed by atoms with Crippen molar-refractivity contribution in [3.05, 3.63) is 35.5 Å². The van der Waals surface area contributed by atoms with E-state index in [0.717, 1.165) is 23.7 Å². The van der Waals surface area contributed by atoms with E-state index in [2.05, 4.69) is 34.1 Å². The first kappa shape index (κ1) is 27.1. The third-order valence-corrected chi connectivity index (χ3v) is 7.35. The summed E-state index contributed by atoms with van der Waals surface area (Å²) in [6.07, 6.45) is 3.33. The highest BCUT2D eigenvalue weighted by molar-refractivity contribution is 5.82. The Morgan fingerprint density at radius 2 is 1.87 bits per heavy atom. The molecule has 0 bridgehead atoms. The average Bonchev–Trinajstić information content (AvgIpc) is 3.34. The Labute approximate surface area is 228 Å². The number of aryl methyl sites for hydroxylation is 1.